The topological polar surface area (TPSA) is 97.4 Å². The third-order valence-corrected chi connectivity index (χ3v) is 5.07. The molecule has 28 heavy (non-hydrogen) atoms. The number of furan rings is 1. The maximum Gasteiger partial charge on any atom is 0.306 e. The van der Waals surface area contributed by atoms with Gasteiger partial charge in [-0.3, -0.25) is 9.59 Å². The lowest BCUT2D eigenvalue weighted by atomic mass is 10.1. The highest BCUT2D eigenvalue weighted by Gasteiger charge is 2.31. The van der Waals surface area contributed by atoms with Crippen LogP contribution in [0.4, 0.5) is 0 Å². The van der Waals surface area contributed by atoms with Crippen LogP contribution < -0.4 is 5.32 Å². The second-order valence-corrected chi connectivity index (χ2v) is 7.10. The van der Waals surface area contributed by atoms with Gasteiger partial charge in [0.1, 0.15) is 11.5 Å². The molecule has 4 rings (SSSR count). The predicted molar refractivity (Wildman–Crippen MR) is 102 cm³/mol. The number of hydrogen-bond acceptors (Lipinski definition) is 4. The maximum atomic E-state index is 13.0. The molecule has 0 spiro atoms. The fraction of sp³-hybridized carbons (Fsp3) is 0.286. The summed E-state index contributed by atoms with van der Waals surface area (Å²) in [6.45, 7) is 1.84. The summed E-state index contributed by atoms with van der Waals surface area (Å²) >= 11 is 0. The van der Waals surface area contributed by atoms with Crippen LogP contribution >= 0.6 is 0 Å². The first-order chi connectivity index (χ1) is 13.5. The molecular formula is C21H21N3O4. The number of nitrogens with one attached hydrogen (secondary N) is 1. The number of hydrogen-bond donors (Lipinski definition) is 2. The Morgan fingerprint density at radius 2 is 1.96 bits per heavy atom. The van der Waals surface area contributed by atoms with Gasteiger partial charge in [-0.25, -0.2) is 4.68 Å². The molecule has 1 aliphatic carbocycles. The van der Waals surface area contributed by atoms with Crippen LogP contribution in [0.5, 0.6) is 0 Å². The quantitative estimate of drug-likeness (QED) is 0.708. The smallest absolute Gasteiger partial charge is 0.306 e. The van der Waals surface area contributed by atoms with Gasteiger partial charge in [0.15, 0.2) is 5.76 Å². The van der Waals surface area contributed by atoms with Gasteiger partial charge in [0.05, 0.1) is 17.2 Å². The molecular weight excluding hydrogens is 358 g/mol. The van der Waals surface area contributed by atoms with Crippen molar-refractivity contribution in [2.75, 3.05) is 0 Å². The molecule has 2 N–H and O–H groups in total. The molecule has 1 aromatic carbocycles. The minimum Gasteiger partial charge on any atom is -0.481 e. The highest BCUT2D eigenvalue weighted by molar-refractivity contribution is 5.99. The molecule has 2 heterocycles. The first-order valence-corrected chi connectivity index (χ1v) is 9.27. The summed E-state index contributed by atoms with van der Waals surface area (Å²) in [5, 5.41) is 16.7. The van der Waals surface area contributed by atoms with Crippen molar-refractivity contribution in [2.24, 2.45) is 5.92 Å². The van der Waals surface area contributed by atoms with Crippen molar-refractivity contribution in [3.63, 3.8) is 0 Å². The molecule has 0 unspecified atom stereocenters. The molecule has 144 valence electrons. The van der Waals surface area contributed by atoms with E-state index in [1.54, 1.807) is 16.9 Å². The van der Waals surface area contributed by atoms with Gasteiger partial charge in [-0.05, 0) is 50.5 Å². The predicted octanol–water partition coefficient (Wildman–Crippen LogP) is 3.42. The van der Waals surface area contributed by atoms with E-state index in [0.29, 0.717) is 36.3 Å². The zero-order valence-corrected chi connectivity index (χ0v) is 15.5. The summed E-state index contributed by atoms with van der Waals surface area (Å²) in [5.41, 5.74) is 1.69. The van der Waals surface area contributed by atoms with E-state index in [9.17, 15) is 9.59 Å². The molecule has 1 fully saturated rings. The Labute approximate surface area is 162 Å². The van der Waals surface area contributed by atoms with Crippen molar-refractivity contribution < 1.29 is 19.1 Å². The van der Waals surface area contributed by atoms with Crippen molar-refractivity contribution in [2.45, 2.75) is 32.2 Å². The summed E-state index contributed by atoms with van der Waals surface area (Å²) in [7, 11) is 0. The van der Waals surface area contributed by atoms with Crippen LogP contribution in [0.15, 0.2) is 53.1 Å². The maximum absolute atomic E-state index is 13.0. The van der Waals surface area contributed by atoms with Crippen molar-refractivity contribution >= 4 is 11.9 Å². The number of aliphatic carboxylic acids is 1. The monoisotopic (exact) mass is 379 g/mol. The number of amides is 1. The van der Waals surface area contributed by atoms with Gasteiger partial charge in [0.2, 0.25) is 0 Å². The zero-order chi connectivity index (χ0) is 19.7. The first-order valence-electron chi connectivity index (χ1n) is 9.27. The number of rotatable bonds is 5. The molecule has 1 aliphatic rings. The number of carboxylic acid groups (broad SMARTS) is 1. The fourth-order valence-electron chi connectivity index (χ4n) is 3.60. The summed E-state index contributed by atoms with van der Waals surface area (Å²) in [6, 6.07) is 13.0. The Kier molecular flexibility index (Phi) is 4.73. The first kappa shape index (κ1) is 18.0. The summed E-state index contributed by atoms with van der Waals surface area (Å²) in [6.07, 6.45) is 3.36. The van der Waals surface area contributed by atoms with E-state index in [4.69, 9.17) is 9.52 Å². The molecule has 0 bridgehead atoms. The second kappa shape index (κ2) is 7.34. The number of aromatic nitrogens is 2. The van der Waals surface area contributed by atoms with Crippen LogP contribution in [0.2, 0.25) is 0 Å². The highest BCUT2D eigenvalue weighted by atomic mass is 16.4. The molecule has 0 radical (unpaired) electrons. The number of carbonyl (C=O) groups is 2. The molecule has 7 heteroatoms. The van der Waals surface area contributed by atoms with Crippen molar-refractivity contribution in [1.82, 2.24) is 15.1 Å². The number of carbonyl (C=O) groups excluding carboxylic acids is 1. The lowest BCUT2D eigenvalue weighted by Crippen LogP contribution is -2.33. The Hall–Kier alpha value is -3.35. The van der Waals surface area contributed by atoms with Gasteiger partial charge < -0.3 is 14.8 Å². The van der Waals surface area contributed by atoms with Crippen molar-refractivity contribution in [1.29, 1.82) is 0 Å². The Morgan fingerprint density at radius 1 is 1.18 bits per heavy atom. The van der Waals surface area contributed by atoms with Crippen LogP contribution in [0.25, 0.3) is 17.1 Å². The Bertz CT molecular complexity index is 1010. The molecule has 1 amide bonds. The van der Waals surface area contributed by atoms with E-state index >= 15 is 0 Å². The number of para-hydroxylation sites is 1. The Morgan fingerprint density at radius 3 is 2.61 bits per heavy atom. The van der Waals surface area contributed by atoms with Gasteiger partial charge in [-0.1, -0.05) is 18.2 Å². The lowest BCUT2D eigenvalue weighted by Gasteiger charge is -2.12. The molecule has 0 aliphatic heterocycles. The van der Waals surface area contributed by atoms with Crippen LogP contribution in [0.3, 0.4) is 0 Å². The van der Waals surface area contributed by atoms with E-state index in [-0.39, 0.29) is 11.9 Å². The van der Waals surface area contributed by atoms with Gasteiger partial charge in [0, 0.05) is 12.2 Å². The number of aryl methyl sites for hydroxylation is 1. The fourth-order valence-corrected chi connectivity index (χ4v) is 3.60. The lowest BCUT2D eigenvalue weighted by molar-refractivity contribution is -0.141. The van der Waals surface area contributed by atoms with E-state index in [0.717, 1.165) is 11.4 Å². The number of benzene rings is 1. The average Bonchev–Trinajstić information content (AvgIpc) is 3.41. The zero-order valence-electron chi connectivity index (χ0n) is 15.5. The van der Waals surface area contributed by atoms with Crippen LogP contribution in [-0.2, 0) is 4.79 Å². The summed E-state index contributed by atoms with van der Waals surface area (Å²) < 4.78 is 7.34. The van der Waals surface area contributed by atoms with E-state index in [2.05, 4.69) is 10.4 Å². The van der Waals surface area contributed by atoms with Crippen LogP contribution in [0.1, 0.15) is 35.4 Å². The van der Waals surface area contributed by atoms with E-state index < -0.39 is 11.9 Å². The largest absolute Gasteiger partial charge is 0.481 e. The molecule has 7 nitrogen and oxygen atoms in total. The number of nitrogens with zero attached hydrogens (tertiary/aromatic N) is 2. The summed E-state index contributed by atoms with van der Waals surface area (Å²) in [4.78, 5) is 24.1. The normalized spacial score (nSPS) is 18.9. The summed E-state index contributed by atoms with van der Waals surface area (Å²) in [5.74, 6) is -0.227. The number of carboxylic acids is 1. The second-order valence-electron chi connectivity index (χ2n) is 7.10. The van der Waals surface area contributed by atoms with Gasteiger partial charge >= 0.3 is 5.97 Å². The van der Waals surface area contributed by atoms with Gasteiger partial charge in [-0.2, -0.15) is 5.10 Å². The van der Waals surface area contributed by atoms with Crippen LogP contribution in [-0.4, -0.2) is 32.8 Å². The van der Waals surface area contributed by atoms with Crippen molar-refractivity contribution in [3.8, 4) is 17.1 Å². The molecule has 1 saturated carbocycles. The minimum absolute atomic E-state index is 0.153. The highest BCUT2D eigenvalue weighted by Crippen LogP contribution is 2.28. The molecule has 3 aromatic rings. The molecule has 0 saturated heterocycles. The standard InChI is InChI=1S/C21H21N3O4/c1-13-7-10-18(28-13)19-17(12-24(23-19)16-5-3-2-4-6-16)20(25)22-15-9-8-14(11-15)21(26)27/h2-7,10,12,14-15H,8-9,11H2,1H3,(H,22,25)(H,26,27)/t14-,15+/m1/s1. The van der Waals surface area contributed by atoms with Gasteiger partial charge in [-0.15, -0.1) is 0 Å². The SMILES string of the molecule is Cc1ccc(-c2nn(-c3ccccc3)cc2C(=O)N[C@H]2CC[C@@H](C(=O)O)C2)o1. The third kappa shape index (κ3) is 3.55. The van der Waals surface area contributed by atoms with Crippen LogP contribution in [0, 0.1) is 12.8 Å². The molecule has 2 atom stereocenters. The minimum atomic E-state index is -0.805. The van der Waals surface area contributed by atoms with E-state index in [1.807, 2.05) is 43.3 Å². The van der Waals surface area contributed by atoms with Crippen molar-refractivity contribution in [3.05, 3.63) is 60.0 Å². The van der Waals surface area contributed by atoms with E-state index in [1.165, 1.54) is 0 Å². The third-order valence-electron chi connectivity index (χ3n) is 5.07. The molecule has 2 aromatic heterocycles. The Balaban J connectivity index is 1.64. The average molecular weight is 379 g/mol. The van der Waals surface area contributed by atoms with Gasteiger partial charge in [0.25, 0.3) is 5.91 Å².